The number of aldehydes is 2. The van der Waals surface area contributed by atoms with Crippen LogP contribution in [0.1, 0.15) is 82.1 Å². The van der Waals surface area contributed by atoms with Crippen molar-refractivity contribution in [2.75, 3.05) is 14.2 Å². The number of carbonyl (C=O) groups excluding carboxylic acids is 5. The molecule has 0 saturated heterocycles. The van der Waals surface area contributed by atoms with Crippen LogP contribution in [-0.2, 0) is 38.2 Å². The van der Waals surface area contributed by atoms with Gasteiger partial charge in [-0.25, -0.2) is 9.59 Å². The summed E-state index contributed by atoms with van der Waals surface area (Å²) in [6, 6.07) is 0. The molecule has 0 aromatic carbocycles. The standard InChI is InChI=1S/C45H58O9.C4H6O4.CH4O/c1-28(18-14-20-30(3)22-24-34-32(5)38(46)36(53-11)26-44(34,7)8)16-12-13-17-29(2)19-15-21-31(4)23-25-35-33(6)39(47)37(27-45(35,9)10)54-43(52)41(49)40(48)42(50)51;5-1-3(7)4(8)2-6;1-2/h12-25,36-37,40-41,48-49H,26-27H2,1-11H3,(H,50,51);1-4,7-8H;2H,1H3/b13-12+,18-14+,19-15+,24-22+,25-23+,28-16+,29-17+,30-20+,31-21+;;. The van der Waals surface area contributed by atoms with Crippen molar-refractivity contribution in [3.05, 3.63) is 130 Å². The van der Waals surface area contributed by atoms with E-state index in [9.17, 15) is 39.0 Å². The Hall–Kier alpha value is -5.48. The molecule has 64 heavy (non-hydrogen) atoms. The van der Waals surface area contributed by atoms with Crippen LogP contribution in [0.4, 0.5) is 0 Å². The van der Waals surface area contributed by atoms with Crippen molar-refractivity contribution in [1.29, 1.82) is 0 Å². The molecule has 0 heterocycles. The van der Waals surface area contributed by atoms with Gasteiger partial charge in [-0.1, -0.05) is 135 Å². The second kappa shape index (κ2) is 28.3. The predicted octanol–water partition coefficient (Wildman–Crippen LogP) is 5.63. The maximum absolute atomic E-state index is 13.0. The van der Waals surface area contributed by atoms with Gasteiger partial charge in [0.2, 0.25) is 0 Å². The molecule has 2 aliphatic rings. The lowest BCUT2D eigenvalue weighted by Crippen LogP contribution is -2.45. The van der Waals surface area contributed by atoms with Crippen molar-refractivity contribution < 1.29 is 68.9 Å². The van der Waals surface area contributed by atoms with Crippen LogP contribution in [0.2, 0.25) is 0 Å². The van der Waals surface area contributed by atoms with Gasteiger partial charge in [0, 0.05) is 20.6 Å². The zero-order valence-electron chi connectivity index (χ0n) is 39.1. The van der Waals surface area contributed by atoms with Gasteiger partial charge >= 0.3 is 11.9 Å². The Balaban J connectivity index is 0.00000355. The van der Waals surface area contributed by atoms with Gasteiger partial charge in [-0.3, -0.25) is 9.59 Å². The van der Waals surface area contributed by atoms with Crippen molar-refractivity contribution in [3.63, 3.8) is 0 Å². The van der Waals surface area contributed by atoms with Gasteiger partial charge in [0.05, 0.1) is 0 Å². The van der Waals surface area contributed by atoms with Crippen LogP contribution >= 0.6 is 0 Å². The number of methoxy groups -OCH3 is 1. The topological polar surface area (TPSA) is 242 Å². The third-order valence-electron chi connectivity index (χ3n) is 10.2. The van der Waals surface area contributed by atoms with E-state index in [2.05, 4.69) is 19.9 Å². The zero-order chi connectivity index (χ0) is 49.5. The monoisotopic (exact) mass is 892 g/mol. The summed E-state index contributed by atoms with van der Waals surface area (Å²) in [6.45, 7) is 19.6. The summed E-state index contributed by atoms with van der Waals surface area (Å²) in [5, 5.41) is 51.6. The molecule has 2 aliphatic carbocycles. The van der Waals surface area contributed by atoms with E-state index < -0.39 is 53.7 Å². The third kappa shape index (κ3) is 19.1. The molecular weight excluding hydrogens is 825 g/mol. The van der Waals surface area contributed by atoms with Crippen molar-refractivity contribution in [1.82, 2.24) is 0 Å². The fraction of sp³-hybridized carbons (Fsp3) is 0.440. The number of carbonyl (C=O) groups is 6. The summed E-state index contributed by atoms with van der Waals surface area (Å²) in [6.07, 6.45) is 19.4. The van der Waals surface area contributed by atoms with E-state index in [1.54, 1.807) is 14.0 Å². The number of esters is 1. The van der Waals surface area contributed by atoms with Gasteiger partial charge in [-0.05, 0) is 81.1 Å². The van der Waals surface area contributed by atoms with Crippen molar-refractivity contribution in [2.24, 2.45) is 10.8 Å². The van der Waals surface area contributed by atoms with E-state index in [-0.39, 0.29) is 36.3 Å². The van der Waals surface area contributed by atoms with Gasteiger partial charge in [0.25, 0.3) is 0 Å². The first kappa shape index (κ1) is 58.5. The molecule has 2 rings (SSSR count). The summed E-state index contributed by atoms with van der Waals surface area (Å²) in [5.74, 6) is -3.53. The SMILES string of the molecule is CO.COC1CC(C)(C)C(/C=C/C(C)=C/C=C/C(C)=C/C=C/C=C(C)/C=C/C=C(C)/C=C/C2=C(C)C(=O)C(OC(=O)C(O)C(O)C(=O)O)CC2(C)C)=C(C)C1=O.O=CC(O)C(O)C=O. The number of hydrogen-bond acceptors (Lipinski definition) is 13. The molecule has 14 heteroatoms. The zero-order valence-corrected chi connectivity index (χ0v) is 39.1. The Morgan fingerprint density at radius 2 is 0.953 bits per heavy atom. The second-order valence-corrected chi connectivity index (χ2v) is 16.5. The molecule has 6 atom stereocenters. The molecule has 0 saturated carbocycles. The lowest BCUT2D eigenvalue weighted by atomic mass is 9.71. The number of carboxylic acids is 1. The average molecular weight is 893 g/mol. The molecule has 0 bridgehead atoms. The molecule has 0 amide bonds. The highest BCUT2D eigenvalue weighted by atomic mass is 16.6. The largest absolute Gasteiger partial charge is 0.479 e. The second-order valence-electron chi connectivity index (χ2n) is 16.5. The van der Waals surface area contributed by atoms with Crippen molar-refractivity contribution in [3.8, 4) is 0 Å². The minimum Gasteiger partial charge on any atom is -0.479 e. The Labute approximate surface area is 377 Å². The predicted molar refractivity (Wildman–Crippen MR) is 246 cm³/mol. The first-order valence-electron chi connectivity index (χ1n) is 20.5. The minimum absolute atomic E-state index is 0.0598. The summed E-state index contributed by atoms with van der Waals surface area (Å²) in [4.78, 5) is 67.8. The number of ether oxygens (including phenoxy) is 2. The molecule has 352 valence electrons. The average Bonchev–Trinajstić information content (AvgIpc) is 3.24. The van der Waals surface area contributed by atoms with Gasteiger partial charge in [-0.15, -0.1) is 0 Å². The highest BCUT2D eigenvalue weighted by Gasteiger charge is 2.42. The molecule has 6 N–H and O–H groups in total. The van der Waals surface area contributed by atoms with Gasteiger partial charge in [-0.2, -0.15) is 0 Å². The summed E-state index contributed by atoms with van der Waals surface area (Å²) >= 11 is 0. The van der Waals surface area contributed by atoms with Gasteiger partial charge in [0.1, 0.15) is 18.3 Å². The smallest absolute Gasteiger partial charge is 0.339 e. The van der Waals surface area contributed by atoms with Crippen molar-refractivity contribution >= 4 is 36.1 Å². The van der Waals surface area contributed by atoms with Crippen LogP contribution in [0.25, 0.3) is 0 Å². The molecule has 0 aliphatic heterocycles. The fourth-order valence-electron chi connectivity index (χ4n) is 6.49. The molecule has 0 aromatic heterocycles. The van der Waals surface area contributed by atoms with Crippen LogP contribution in [0, 0.1) is 10.8 Å². The first-order valence-corrected chi connectivity index (χ1v) is 20.5. The third-order valence-corrected chi connectivity index (χ3v) is 10.2. The molecule has 6 unspecified atom stereocenters. The number of aliphatic hydroxyl groups is 5. The Kier molecular flexibility index (Phi) is 25.9. The van der Waals surface area contributed by atoms with Gasteiger partial charge in [0.15, 0.2) is 42.5 Å². The van der Waals surface area contributed by atoms with E-state index in [4.69, 9.17) is 29.9 Å². The number of ketones is 2. The molecule has 0 aromatic rings. The number of carboxylic acid groups (broad SMARTS) is 1. The highest BCUT2D eigenvalue weighted by molar-refractivity contribution is 6.02. The lowest BCUT2D eigenvalue weighted by molar-refractivity contribution is -0.175. The molecule has 0 radical (unpaired) electrons. The van der Waals surface area contributed by atoms with Crippen LogP contribution < -0.4 is 0 Å². The van der Waals surface area contributed by atoms with Crippen LogP contribution in [0.3, 0.4) is 0 Å². The van der Waals surface area contributed by atoms with E-state index in [1.807, 2.05) is 127 Å². The lowest BCUT2D eigenvalue weighted by Gasteiger charge is -2.36. The Morgan fingerprint density at radius 3 is 1.31 bits per heavy atom. The molecule has 0 spiro atoms. The summed E-state index contributed by atoms with van der Waals surface area (Å²) in [5.41, 5.74) is 6.43. The Morgan fingerprint density at radius 1 is 0.609 bits per heavy atom. The maximum Gasteiger partial charge on any atom is 0.339 e. The number of rotatable bonds is 18. The number of hydrogen-bond donors (Lipinski definition) is 6. The van der Waals surface area contributed by atoms with E-state index >= 15 is 0 Å². The first-order chi connectivity index (χ1) is 29.8. The summed E-state index contributed by atoms with van der Waals surface area (Å²) in [7, 11) is 2.59. The van der Waals surface area contributed by atoms with E-state index in [0.717, 1.165) is 46.1 Å². The van der Waals surface area contributed by atoms with Crippen LogP contribution in [-0.4, -0.2) is 118 Å². The Bertz CT molecular complexity index is 2000. The molecular formula is C50H68O14. The highest BCUT2D eigenvalue weighted by Crippen LogP contribution is 2.42. The quantitative estimate of drug-likeness (QED) is 0.0555. The normalized spacial score (nSPS) is 21.8. The van der Waals surface area contributed by atoms with Crippen LogP contribution in [0.15, 0.2) is 130 Å². The van der Waals surface area contributed by atoms with E-state index in [1.165, 1.54) is 0 Å². The van der Waals surface area contributed by atoms with Crippen LogP contribution in [0.5, 0.6) is 0 Å². The summed E-state index contributed by atoms with van der Waals surface area (Å²) < 4.78 is 10.5. The number of aliphatic carboxylic acids is 1. The fourth-order valence-corrected chi connectivity index (χ4v) is 6.49. The van der Waals surface area contributed by atoms with E-state index in [0.29, 0.717) is 12.0 Å². The molecule has 0 fully saturated rings. The minimum atomic E-state index is -2.35. The maximum atomic E-state index is 13.0. The number of Topliss-reactive ketones (excluding diaryl/α,β-unsaturated/α-hetero) is 2. The van der Waals surface area contributed by atoms with Crippen molar-refractivity contribution in [2.45, 2.75) is 119 Å². The number of aliphatic hydroxyl groups excluding tert-OH is 5. The molecule has 14 nitrogen and oxygen atoms in total. The van der Waals surface area contributed by atoms with Gasteiger partial charge < -0.3 is 49.7 Å². The number of allylic oxidation sites excluding steroid dienone is 20.